The van der Waals surface area contributed by atoms with Crippen LogP contribution in [0.5, 0.6) is 0 Å². The lowest BCUT2D eigenvalue weighted by molar-refractivity contribution is -0.0635. The van der Waals surface area contributed by atoms with Gasteiger partial charge in [0.05, 0.1) is 0 Å². The van der Waals surface area contributed by atoms with Crippen LogP contribution in [0.2, 0.25) is 0 Å². The molecular weight excluding hydrogens is 155 g/mol. The summed E-state index contributed by atoms with van der Waals surface area (Å²) in [6.07, 6.45) is -9.32. The van der Waals surface area contributed by atoms with Gasteiger partial charge >= 0.3 is 0 Å². The third-order valence-electron chi connectivity index (χ3n) is 1.50. The Morgan fingerprint density at radius 2 is 1.60 bits per heavy atom. The minimum atomic E-state index is -3.82. The van der Waals surface area contributed by atoms with Crippen LogP contribution in [0, 0.1) is 0 Å². The number of alkyl halides is 5. The van der Waals surface area contributed by atoms with Gasteiger partial charge in [-0.3, -0.25) is 0 Å². The van der Waals surface area contributed by atoms with Crippen molar-refractivity contribution in [1.82, 2.24) is 0 Å². The number of halogens is 5. The molecule has 0 bridgehead atoms. The summed E-state index contributed by atoms with van der Waals surface area (Å²) in [4.78, 5) is 0. The van der Waals surface area contributed by atoms with Crippen molar-refractivity contribution in [2.75, 3.05) is 0 Å². The van der Waals surface area contributed by atoms with Crippen molar-refractivity contribution >= 4 is 0 Å². The van der Waals surface area contributed by atoms with Crippen molar-refractivity contribution in [1.29, 1.82) is 0 Å². The molecule has 0 saturated heterocycles. The Bertz CT molecular complexity index is 134. The van der Waals surface area contributed by atoms with E-state index < -0.39 is 30.9 Å². The minimum absolute atomic E-state index is 1.34. The summed E-state index contributed by atoms with van der Waals surface area (Å²) in [5.41, 5.74) is 0. The maximum absolute atomic E-state index is 12.0. The van der Waals surface area contributed by atoms with Gasteiger partial charge in [0.1, 0.15) is 6.17 Å². The van der Waals surface area contributed by atoms with Crippen molar-refractivity contribution in [3.05, 3.63) is 0 Å². The van der Waals surface area contributed by atoms with Crippen LogP contribution >= 0.6 is 0 Å². The predicted molar refractivity (Wildman–Crippen MR) is 24.3 cm³/mol. The molecule has 1 aliphatic rings. The summed E-state index contributed by atoms with van der Waals surface area (Å²) in [5.74, 6) is -3.82. The zero-order valence-corrected chi connectivity index (χ0v) is 4.83. The van der Waals surface area contributed by atoms with Gasteiger partial charge in [-0.1, -0.05) is 0 Å². The Morgan fingerprint density at radius 1 is 1.10 bits per heavy atom. The molecule has 60 valence electrons. The molecule has 1 aliphatic carbocycles. The van der Waals surface area contributed by atoms with Crippen LogP contribution in [0.3, 0.4) is 0 Å². The van der Waals surface area contributed by atoms with E-state index in [0.717, 1.165) is 0 Å². The summed E-state index contributed by atoms with van der Waals surface area (Å²) in [6.45, 7) is 0. The zero-order valence-electron chi connectivity index (χ0n) is 4.83. The highest BCUT2D eigenvalue weighted by Gasteiger charge is 2.57. The van der Waals surface area contributed by atoms with E-state index in [4.69, 9.17) is 0 Å². The van der Waals surface area contributed by atoms with Gasteiger partial charge in [0.25, 0.3) is 5.92 Å². The predicted octanol–water partition coefficient (Wildman–Crippen LogP) is 2.04. The van der Waals surface area contributed by atoms with Crippen LogP contribution in [-0.4, -0.2) is 24.4 Å². The van der Waals surface area contributed by atoms with Crippen LogP contribution in [0.4, 0.5) is 22.0 Å². The summed E-state index contributed by atoms with van der Waals surface area (Å²) >= 11 is 0. The minimum Gasteiger partial charge on any atom is -0.244 e. The van der Waals surface area contributed by atoms with E-state index in [2.05, 4.69) is 0 Å². The average molecular weight is 160 g/mol. The monoisotopic (exact) mass is 160 g/mol. The Balaban J connectivity index is 2.71. The van der Waals surface area contributed by atoms with E-state index in [1.54, 1.807) is 0 Å². The smallest absolute Gasteiger partial charge is 0.244 e. The summed E-state index contributed by atoms with van der Waals surface area (Å²) < 4.78 is 59.9. The van der Waals surface area contributed by atoms with E-state index >= 15 is 0 Å². The molecule has 0 spiro atoms. The van der Waals surface area contributed by atoms with E-state index in [9.17, 15) is 22.0 Å². The molecule has 0 aromatic rings. The Kier molecular flexibility index (Phi) is 1.60. The summed E-state index contributed by atoms with van der Waals surface area (Å²) in [6, 6.07) is 0. The largest absolute Gasteiger partial charge is 0.284 e. The SMILES string of the molecule is FC1CC(F)(F)C(F)C1F. The van der Waals surface area contributed by atoms with Crippen molar-refractivity contribution < 1.29 is 22.0 Å². The van der Waals surface area contributed by atoms with Crippen molar-refractivity contribution in [2.24, 2.45) is 0 Å². The zero-order chi connectivity index (χ0) is 7.94. The molecule has 0 aromatic carbocycles. The Hall–Kier alpha value is -0.350. The van der Waals surface area contributed by atoms with Gasteiger partial charge in [0, 0.05) is 6.42 Å². The number of hydrogen-bond acceptors (Lipinski definition) is 0. The van der Waals surface area contributed by atoms with Gasteiger partial charge in [-0.2, -0.15) is 0 Å². The first-order valence-corrected chi connectivity index (χ1v) is 2.75. The molecule has 0 radical (unpaired) electrons. The standard InChI is InChI=1S/C5H5F5/c6-2-1-5(9,10)4(8)3(2)7/h2-4H,1H2. The highest BCUT2D eigenvalue weighted by molar-refractivity contribution is 4.97. The van der Waals surface area contributed by atoms with E-state index in [-0.39, 0.29) is 0 Å². The van der Waals surface area contributed by atoms with Crippen LogP contribution in [0.25, 0.3) is 0 Å². The molecule has 0 aliphatic heterocycles. The Morgan fingerprint density at radius 3 is 1.70 bits per heavy atom. The fourth-order valence-corrected chi connectivity index (χ4v) is 0.901. The second-order valence-corrected chi connectivity index (χ2v) is 2.33. The van der Waals surface area contributed by atoms with Crippen molar-refractivity contribution in [3.63, 3.8) is 0 Å². The first kappa shape index (κ1) is 7.75. The lowest BCUT2D eigenvalue weighted by atomic mass is 10.3. The fraction of sp³-hybridized carbons (Fsp3) is 1.00. The molecule has 5 heteroatoms. The van der Waals surface area contributed by atoms with Gasteiger partial charge in [0.15, 0.2) is 12.3 Å². The average Bonchev–Trinajstić information content (AvgIpc) is 1.95. The molecule has 0 nitrogen and oxygen atoms in total. The van der Waals surface area contributed by atoms with E-state index in [1.807, 2.05) is 0 Å². The van der Waals surface area contributed by atoms with Crippen LogP contribution in [0.15, 0.2) is 0 Å². The van der Waals surface area contributed by atoms with Crippen LogP contribution < -0.4 is 0 Å². The lowest BCUT2D eigenvalue weighted by Gasteiger charge is -2.09. The highest BCUT2D eigenvalue weighted by atomic mass is 19.3. The first-order chi connectivity index (χ1) is 4.45. The normalized spacial score (nSPS) is 45.9. The molecule has 0 amide bonds. The topological polar surface area (TPSA) is 0 Å². The highest BCUT2D eigenvalue weighted by Crippen LogP contribution is 2.40. The van der Waals surface area contributed by atoms with Crippen LogP contribution in [0.1, 0.15) is 6.42 Å². The summed E-state index contributed by atoms with van der Waals surface area (Å²) in [7, 11) is 0. The third kappa shape index (κ3) is 0.973. The van der Waals surface area contributed by atoms with Gasteiger partial charge in [-0.25, -0.2) is 22.0 Å². The molecule has 3 unspecified atom stereocenters. The second-order valence-electron chi connectivity index (χ2n) is 2.33. The van der Waals surface area contributed by atoms with E-state index in [0.29, 0.717) is 0 Å². The second kappa shape index (κ2) is 2.07. The molecule has 0 N–H and O–H groups in total. The maximum Gasteiger partial charge on any atom is 0.284 e. The van der Waals surface area contributed by atoms with Gasteiger partial charge < -0.3 is 0 Å². The number of hydrogen-bond donors (Lipinski definition) is 0. The molecule has 0 aromatic heterocycles. The quantitative estimate of drug-likeness (QED) is 0.475. The molecule has 1 saturated carbocycles. The number of rotatable bonds is 0. The maximum atomic E-state index is 12.0. The lowest BCUT2D eigenvalue weighted by Crippen LogP contribution is -2.28. The van der Waals surface area contributed by atoms with Gasteiger partial charge in [-0.15, -0.1) is 0 Å². The third-order valence-corrected chi connectivity index (χ3v) is 1.50. The molecule has 3 atom stereocenters. The molecule has 10 heavy (non-hydrogen) atoms. The van der Waals surface area contributed by atoms with Gasteiger partial charge in [-0.05, 0) is 0 Å². The molecule has 0 heterocycles. The first-order valence-electron chi connectivity index (χ1n) is 2.75. The van der Waals surface area contributed by atoms with Crippen molar-refractivity contribution in [3.8, 4) is 0 Å². The van der Waals surface area contributed by atoms with Crippen molar-refractivity contribution in [2.45, 2.75) is 30.9 Å². The Labute approximate surface area is 54.0 Å². The fourth-order valence-electron chi connectivity index (χ4n) is 0.901. The van der Waals surface area contributed by atoms with E-state index in [1.165, 1.54) is 0 Å². The van der Waals surface area contributed by atoms with Gasteiger partial charge in [0.2, 0.25) is 0 Å². The molecule has 1 rings (SSSR count). The molecule has 1 fully saturated rings. The summed E-state index contributed by atoms with van der Waals surface area (Å²) in [5, 5.41) is 0. The van der Waals surface area contributed by atoms with Crippen LogP contribution in [-0.2, 0) is 0 Å². The molecular formula is C5H5F5.